The molecular formula is C19H22NO4S2+. The van der Waals surface area contributed by atoms with Gasteiger partial charge in [-0.1, -0.05) is 12.1 Å². The molecule has 3 aliphatic rings. The maximum Gasteiger partial charge on any atom is 0.349 e. The molecule has 5 nitrogen and oxygen atoms in total. The molecule has 4 unspecified atom stereocenters. The topological polar surface area (TPSA) is 59.1 Å². The maximum atomic E-state index is 13.9. The fourth-order valence-corrected chi connectivity index (χ4v) is 4.33. The maximum absolute atomic E-state index is 13.9. The number of epoxide rings is 1. The van der Waals surface area contributed by atoms with Crippen LogP contribution in [0.2, 0.25) is 0 Å². The number of quaternary nitrogens is 1. The summed E-state index contributed by atoms with van der Waals surface area (Å²) in [6.07, 6.45) is -15.0. The van der Waals surface area contributed by atoms with E-state index in [0.717, 1.165) is 14.1 Å². The van der Waals surface area contributed by atoms with Crippen molar-refractivity contribution in [1.82, 2.24) is 0 Å². The average Bonchev–Trinajstić information content (AvgIpc) is 3.20. The normalized spacial score (nSPS) is 57.3. The van der Waals surface area contributed by atoms with Gasteiger partial charge in [-0.3, -0.25) is 0 Å². The molecule has 3 fully saturated rings. The molecule has 0 radical (unpaired) electrons. The summed E-state index contributed by atoms with van der Waals surface area (Å²) < 4.78 is 128. The van der Waals surface area contributed by atoms with Crippen molar-refractivity contribution >= 4 is 28.6 Å². The summed E-state index contributed by atoms with van der Waals surface area (Å²) >= 11 is 0.543. The number of ether oxygens (including phenoxy) is 2. The molecule has 26 heavy (non-hydrogen) atoms. The second kappa shape index (κ2) is 5.62. The third-order valence-corrected chi connectivity index (χ3v) is 6.00. The van der Waals surface area contributed by atoms with E-state index in [1.54, 1.807) is 0 Å². The molecule has 0 spiro atoms. The van der Waals surface area contributed by atoms with Crippen molar-refractivity contribution in [2.24, 2.45) is 0 Å². The first-order chi connectivity index (χ1) is 17.9. The first-order valence-electron chi connectivity index (χ1n) is 14.5. The zero-order valence-corrected chi connectivity index (χ0v) is 15.1. The summed E-state index contributed by atoms with van der Waals surface area (Å²) in [5.41, 5.74) is -3.29. The van der Waals surface area contributed by atoms with Crippen molar-refractivity contribution < 1.29 is 43.0 Å². The molecule has 5 rings (SSSR count). The van der Waals surface area contributed by atoms with E-state index < -0.39 is 104 Å². The van der Waals surface area contributed by atoms with E-state index in [9.17, 15) is 9.90 Å². The van der Waals surface area contributed by atoms with Crippen LogP contribution >= 0.6 is 22.7 Å². The van der Waals surface area contributed by atoms with Crippen LogP contribution in [0.3, 0.4) is 0 Å². The number of carbonyl (C=O) groups excluding carboxylic acids is 1. The summed E-state index contributed by atoms with van der Waals surface area (Å²) in [6.45, 7) is 0. The number of carbonyl (C=O) groups is 1. The number of morpholine rings is 1. The Kier molecular flexibility index (Phi) is 1.65. The highest BCUT2D eigenvalue weighted by atomic mass is 32.1. The number of thiophene rings is 2. The first kappa shape index (κ1) is 7.64. The Morgan fingerprint density at radius 1 is 1.31 bits per heavy atom. The minimum atomic E-state index is -3.36. The molecule has 0 amide bonds. The van der Waals surface area contributed by atoms with Crippen LogP contribution < -0.4 is 0 Å². The Morgan fingerprint density at radius 2 is 1.85 bits per heavy atom. The van der Waals surface area contributed by atoms with Crippen molar-refractivity contribution in [1.29, 1.82) is 0 Å². The van der Waals surface area contributed by atoms with Gasteiger partial charge >= 0.3 is 5.97 Å². The largest absolute Gasteiger partial charge is 0.459 e. The molecule has 2 bridgehead atoms. The highest BCUT2D eigenvalue weighted by molar-refractivity contribution is 7.12. The van der Waals surface area contributed by atoms with E-state index in [1.165, 1.54) is 0 Å². The van der Waals surface area contributed by atoms with Crippen molar-refractivity contribution in [3.63, 3.8) is 0 Å². The minimum absolute atomic E-state index is 0.272. The zero-order chi connectivity index (χ0) is 30.6. The van der Waals surface area contributed by atoms with Gasteiger partial charge in [-0.05, 0) is 22.8 Å². The molecule has 3 saturated heterocycles. The van der Waals surface area contributed by atoms with Crippen LogP contribution in [0.4, 0.5) is 0 Å². The van der Waals surface area contributed by atoms with Crippen LogP contribution in [0.25, 0.3) is 0 Å². The zero-order valence-electron chi connectivity index (χ0n) is 27.5. The molecule has 2 aromatic heterocycles. The van der Waals surface area contributed by atoms with Gasteiger partial charge in [0.1, 0.15) is 30.3 Å². The Labute approximate surface area is 180 Å². The van der Waals surface area contributed by atoms with Gasteiger partial charge in [0.05, 0.1) is 37.6 Å². The van der Waals surface area contributed by atoms with Crippen molar-refractivity contribution in [3.05, 3.63) is 44.6 Å². The van der Waals surface area contributed by atoms with Gasteiger partial charge in [0, 0.05) is 18.2 Å². The quantitative estimate of drug-likeness (QED) is 0.481. The fraction of sp³-hybridized carbons (Fsp3) is 0.526. The summed E-state index contributed by atoms with van der Waals surface area (Å²) in [5.74, 6) is -1.92. The van der Waals surface area contributed by atoms with Crippen LogP contribution in [-0.2, 0) is 19.9 Å². The van der Waals surface area contributed by atoms with Gasteiger partial charge in [-0.25, -0.2) is 4.79 Å². The molecule has 0 aromatic carbocycles. The number of aliphatic hydroxyl groups is 1. The SMILES string of the molecule is [2H]c1sc(C(O)(C(=O)OC2C([2H])([2H])C3([2H])C4([2H])OC4([2H])C([2H])(C2([2H])[2H])[N+]3(C)C)c2sc([2H])c([2H])c2[2H])c([2H])c1[2H]. The Bertz CT molecular complexity index is 1400. The van der Waals surface area contributed by atoms with Crippen molar-refractivity contribution in [2.45, 2.75) is 48.6 Å². The van der Waals surface area contributed by atoms with E-state index in [2.05, 4.69) is 0 Å². The van der Waals surface area contributed by atoms with E-state index in [0.29, 0.717) is 0 Å². The van der Waals surface area contributed by atoms with Crippen LogP contribution in [0, 0.1) is 0 Å². The summed E-state index contributed by atoms with van der Waals surface area (Å²) in [6, 6.07) is -8.95. The first-order valence-corrected chi connectivity index (χ1v) is 9.14. The van der Waals surface area contributed by atoms with Gasteiger partial charge in [0.15, 0.2) is 0 Å². The number of rotatable bonds is 4. The number of hydrogen-bond acceptors (Lipinski definition) is 6. The van der Waals surface area contributed by atoms with Crippen molar-refractivity contribution in [3.8, 4) is 0 Å². The van der Waals surface area contributed by atoms with Crippen LogP contribution in [0.5, 0.6) is 0 Å². The predicted octanol–water partition coefficient (Wildman–Crippen LogP) is 2.35. The third kappa shape index (κ3) is 2.28. The Balaban J connectivity index is 1.72. The van der Waals surface area contributed by atoms with E-state index in [1.807, 2.05) is 0 Å². The number of hydrogen-bond donors (Lipinski definition) is 1. The molecule has 5 heterocycles. The molecule has 0 saturated carbocycles. The minimum Gasteiger partial charge on any atom is -0.459 e. The average molecular weight is 407 g/mol. The van der Waals surface area contributed by atoms with Crippen LogP contribution in [0.1, 0.15) is 41.7 Å². The van der Waals surface area contributed by atoms with E-state index >= 15 is 0 Å². The molecule has 2 aromatic rings. The highest BCUT2D eigenvalue weighted by Crippen LogP contribution is 2.52. The number of piperidine rings is 1. The van der Waals surface area contributed by atoms with Gasteiger partial charge in [0.25, 0.3) is 0 Å². The summed E-state index contributed by atoms with van der Waals surface area (Å²) in [5, 5.41) is 10.6. The lowest BCUT2D eigenvalue weighted by Gasteiger charge is -2.45. The molecular weight excluding hydrogens is 370 g/mol. The Hall–Kier alpha value is -1.25. The third-order valence-electron chi connectivity index (χ3n) is 4.39. The monoisotopic (exact) mass is 406 g/mol. The smallest absolute Gasteiger partial charge is 0.349 e. The molecule has 7 heteroatoms. The van der Waals surface area contributed by atoms with Gasteiger partial charge < -0.3 is 19.1 Å². The van der Waals surface area contributed by atoms with Gasteiger partial charge in [-0.15, -0.1) is 22.7 Å². The second-order valence-electron chi connectivity index (χ2n) is 6.26. The molecule has 0 aliphatic carbocycles. The lowest BCUT2D eigenvalue weighted by molar-refractivity contribution is -0.938. The molecule has 138 valence electrons. The number of likely N-dealkylation sites (N-methyl/N-ethyl adjacent to an activating group) is 1. The molecule has 3 aliphatic heterocycles. The summed E-state index contributed by atoms with van der Waals surface area (Å²) in [7, 11) is 2.19. The standard InChI is InChI=1S/C19H22NO4S2/c1-20(2)12-9-11(10-13(20)17-16(12)24-17)23-18(21)19(22,14-5-3-7-25-14)15-6-4-8-26-15/h3-8,11-13,16-17,22H,9-10H2,1-2H3/q+1/i3D,4D,5D,6D,7D,8D,9D2,10D2,12D,13D,16D,17D. The van der Waals surface area contributed by atoms with E-state index in [-0.39, 0.29) is 22.7 Å². The van der Waals surface area contributed by atoms with E-state index in [4.69, 9.17) is 28.7 Å². The highest BCUT2D eigenvalue weighted by Gasteiger charge is 2.71. The number of esters is 1. The van der Waals surface area contributed by atoms with Gasteiger partial charge in [-0.2, -0.15) is 0 Å². The van der Waals surface area contributed by atoms with Crippen LogP contribution in [-0.4, -0.2) is 60.0 Å². The molecule has 1 N–H and O–H groups in total. The lowest BCUT2D eigenvalue weighted by Crippen LogP contribution is -2.60. The van der Waals surface area contributed by atoms with Gasteiger partial charge in [0.2, 0.25) is 5.60 Å². The molecule has 4 atom stereocenters. The Morgan fingerprint density at radius 3 is 2.31 bits per heavy atom. The predicted molar refractivity (Wildman–Crippen MR) is 99.1 cm³/mol. The van der Waals surface area contributed by atoms with Crippen molar-refractivity contribution in [2.75, 3.05) is 14.1 Å². The number of fused-ring (bicyclic) bond motifs is 5. The lowest BCUT2D eigenvalue weighted by atomic mass is 9.95. The van der Waals surface area contributed by atoms with Crippen LogP contribution in [0.15, 0.2) is 34.9 Å². The second-order valence-corrected chi connectivity index (χ2v) is 7.89. The number of nitrogens with zero attached hydrogens (tertiary/aromatic N) is 1. The fourth-order valence-electron chi connectivity index (χ4n) is 2.98. The summed E-state index contributed by atoms with van der Waals surface area (Å²) in [4.78, 5) is 12.4.